The molecule has 0 aliphatic heterocycles. The van der Waals surface area contributed by atoms with Crippen LogP contribution in [0.15, 0.2) is 85.3 Å². The summed E-state index contributed by atoms with van der Waals surface area (Å²) in [6.45, 7) is 8.96. The third kappa shape index (κ3) is 6.96. The van der Waals surface area contributed by atoms with Gasteiger partial charge in [0.25, 0.3) is 0 Å². The molecule has 236 valence electrons. The third-order valence-corrected chi connectivity index (χ3v) is 7.54. The van der Waals surface area contributed by atoms with Gasteiger partial charge in [0.15, 0.2) is 0 Å². The first-order valence-electron chi connectivity index (χ1n) is 15.1. The summed E-state index contributed by atoms with van der Waals surface area (Å²) in [4.78, 5) is 25.2. The predicted molar refractivity (Wildman–Crippen MR) is 173 cm³/mol. The van der Waals surface area contributed by atoms with Gasteiger partial charge in [-0.15, -0.1) is 0 Å². The van der Waals surface area contributed by atoms with Crippen LogP contribution in [0, 0.1) is 18.6 Å². The summed E-state index contributed by atoms with van der Waals surface area (Å²) < 4.78 is 39.5. The number of pyridine rings is 1. The fraction of sp³-hybridized carbons (Fsp3) is 0.222. The molecule has 0 aliphatic carbocycles. The van der Waals surface area contributed by atoms with E-state index in [0.29, 0.717) is 51.7 Å². The molecule has 0 amide bonds. The number of carboxylic acid groups (broad SMARTS) is 1. The Hall–Kier alpha value is -5.38. The van der Waals surface area contributed by atoms with Gasteiger partial charge in [-0.25, -0.2) is 28.5 Å². The molecule has 0 radical (unpaired) electrons. The van der Waals surface area contributed by atoms with Crippen LogP contribution < -0.4 is 4.74 Å². The van der Waals surface area contributed by atoms with Gasteiger partial charge in [-0.05, 0) is 61.4 Å². The van der Waals surface area contributed by atoms with Crippen LogP contribution in [0.25, 0.3) is 22.3 Å². The number of aromatic nitrogens is 5. The number of halogens is 2. The average Bonchev–Trinajstić information content (AvgIpc) is 3.66. The van der Waals surface area contributed by atoms with Crippen LogP contribution in [0.2, 0.25) is 0 Å². The highest BCUT2D eigenvalue weighted by molar-refractivity contribution is 5.92. The Balaban J connectivity index is 0.00000204. The first-order valence-corrected chi connectivity index (χ1v) is 15.1. The zero-order valence-electron chi connectivity index (χ0n) is 26.2. The van der Waals surface area contributed by atoms with Gasteiger partial charge in [-0.2, -0.15) is 0 Å². The van der Waals surface area contributed by atoms with Crippen molar-refractivity contribution in [1.29, 1.82) is 0 Å². The second kappa shape index (κ2) is 14.2. The molecular weight excluding hydrogens is 588 g/mol. The van der Waals surface area contributed by atoms with Crippen LogP contribution in [-0.2, 0) is 26.1 Å². The van der Waals surface area contributed by atoms with Crippen molar-refractivity contribution in [3.63, 3.8) is 0 Å². The first kappa shape index (κ1) is 32.0. The molecule has 10 heteroatoms. The van der Waals surface area contributed by atoms with Crippen LogP contribution in [0.5, 0.6) is 5.88 Å². The standard InChI is InChI=1S/C34H29F2N5O3.C2H6/c1-3-40-20-37-17-26(40)18-41-31-15-24(34(42)43)11-12-30(31)38-32(41)16-22-9-10-23(14-28(22)36)29-5-4-6-33(39-29)44-19-25-8-7-21(2)13-27(25)35;1-2/h4-15,17,20H,3,16,18-19H2,1-2H3,(H,42,43);1-2H3. The molecular formula is C36H35F2N5O3. The largest absolute Gasteiger partial charge is 0.478 e. The molecule has 6 rings (SSSR count). The second-order valence-corrected chi connectivity index (χ2v) is 10.5. The number of fused-ring (bicyclic) bond motifs is 1. The summed E-state index contributed by atoms with van der Waals surface area (Å²) in [5.74, 6) is -0.916. The maximum Gasteiger partial charge on any atom is 0.335 e. The topological polar surface area (TPSA) is 95.1 Å². The van der Waals surface area contributed by atoms with E-state index in [1.54, 1.807) is 61.1 Å². The minimum atomic E-state index is -1.04. The van der Waals surface area contributed by atoms with E-state index in [1.807, 2.05) is 42.9 Å². The molecule has 3 heterocycles. The van der Waals surface area contributed by atoms with E-state index in [0.717, 1.165) is 17.8 Å². The van der Waals surface area contributed by atoms with E-state index in [4.69, 9.17) is 9.72 Å². The van der Waals surface area contributed by atoms with Gasteiger partial charge in [-0.1, -0.05) is 44.2 Å². The SMILES string of the molecule is CC.CCn1cncc1Cn1c(Cc2ccc(-c3cccc(OCc4ccc(C)cc4F)n3)cc2F)nc2ccc(C(=O)O)cc21. The number of ether oxygens (including phenoxy) is 1. The molecule has 3 aromatic carbocycles. The summed E-state index contributed by atoms with van der Waals surface area (Å²) in [5.41, 5.74) is 5.07. The lowest BCUT2D eigenvalue weighted by Gasteiger charge is -2.12. The molecule has 46 heavy (non-hydrogen) atoms. The van der Waals surface area contributed by atoms with E-state index in [9.17, 15) is 14.3 Å². The molecule has 0 atom stereocenters. The van der Waals surface area contributed by atoms with E-state index >= 15 is 4.39 Å². The lowest BCUT2D eigenvalue weighted by molar-refractivity contribution is 0.0697. The molecule has 0 fully saturated rings. The van der Waals surface area contributed by atoms with Crippen LogP contribution in [0.4, 0.5) is 8.78 Å². The van der Waals surface area contributed by atoms with Crippen molar-refractivity contribution >= 4 is 17.0 Å². The van der Waals surface area contributed by atoms with Gasteiger partial charge >= 0.3 is 5.97 Å². The maximum atomic E-state index is 15.6. The Morgan fingerprint density at radius 1 is 0.935 bits per heavy atom. The highest BCUT2D eigenvalue weighted by atomic mass is 19.1. The fourth-order valence-corrected chi connectivity index (χ4v) is 5.14. The zero-order valence-corrected chi connectivity index (χ0v) is 26.2. The Morgan fingerprint density at radius 3 is 2.46 bits per heavy atom. The van der Waals surface area contributed by atoms with Gasteiger partial charge in [0.1, 0.15) is 24.1 Å². The highest BCUT2D eigenvalue weighted by Crippen LogP contribution is 2.26. The van der Waals surface area contributed by atoms with Crippen molar-refractivity contribution in [2.45, 2.75) is 53.8 Å². The number of nitrogens with zero attached hydrogens (tertiary/aromatic N) is 5. The summed E-state index contributed by atoms with van der Waals surface area (Å²) in [6.07, 6.45) is 3.68. The summed E-state index contributed by atoms with van der Waals surface area (Å²) in [5, 5.41) is 9.57. The number of hydrogen-bond acceptors (Lipinski definition) is 5. The third-order valence-electron chi connectivity index (χ3n) is 7.54. The molecule has 1 N–H and O–H groups in total. The van der Waals surface area contributed by atoms with Crippen LogP contribution in [0.3, 0.4) is 0 Å². The molecule has 0 bridgehead atoms. The quantitative estimate of drug-likeness (QED) is 0.167. The minimum absolute atomic E-state index is 0.0177. The number of carboxylic acids is 1. The van der Waals surface area contributed by atoms with Crippen LogP contribution >= 0.6 is 0 Å². The van der Waals surface area contributed by atoms with Gasteiger partial charge < -0.3 is 19.0 Å². The maximum absolute atomic E-state index is 15.6. The monoisotopic (exact) mass is 623 g/mol. The smallest absolute Gasteiger partial charge is 0.335 e. The number of carbonyl (C=O) groups is 1. The lowest BCUT2D eigenvalue weighted by atomic mass is 10.1. The minimum Gasteiger partial charge on any atom is -0.478 e. The van der Waals surface area contributed by atoms with Crippen molar-refractivity contribution in [2.75, 3.05) is 0 Å². The molecule has 8 nitrogen and oxygen atoms in total. The number of aryl methyl sites for hydroxylation is 2. The molecule has 0 saturated heterocycles. The number of hydrogen-bond donors (Lipinski definition) is 1. The van der Waals surface area contributed by atoms with Crippen LogP contribution in [-0.4, -0.2) is 35.2 Å². The molecule has 3 aromatic heterocycles. The Labute approximate surface area is 266 Å². The fourth-order valence-electron chi connectivity index (χ4n) is 5.14. The molecule has 0 unspecified atom stereocenters. The van der Waals surface area contributed by atoms with E-state index in [-0.39, 0.29) is 24.4 Å². The normalized spacial score (nSPS) is 10.9. The van der Waals surface area contributed by atoms with Crippen molar-refractivity contribution in [3.05, 3.63) is 131 Å². The Bertz CT molecular complexity index is 2000. The van der Waals surface area contributed by atoms with Gasteiger partial charge in [0.05, 0.1) is 40.9 Å². The second-order valence-electron chi connectivity index (χ2n) is 10.5. The van der Waals surface area contributed by atoms with Gasteiger partial charge in [0, 0.05) is 36.4 Å². The summed E-state index contributed by atoms with van der Waals surface area (Å²) in [6, 6.07) is 19.8. The molecule has 0 aliphatic rings. The molecule has 6 aromatic rings. The number of aromatic carboxylic acids is 1. The van der Waals surface area contributed by atoms with Gasteiger partial charge in [-0.3, -0.25) is 0 Å². The Morgan fingerprint density at radius 2 is 1.72 bits per heavy atom. The highest BCUT2D eigenvalue weighted by Gasteiger charge is 2.18. The molecule has 0 spiro atoms. The summed E-state index contributed by atoms with van der Waals surface area (Å²) in [7, 11) is 0. The van der Waals surface area contributed by atoms with E-state index < -0.39 is 11.8 Å². The number of rotatable bonds is 10. The van der Waals surface area contributed by atoms with Crippen molar-refractivity contribution in [1.82, 2.24) is 24.1 Å². The first-order chi connectivity index (χ1) is 22.3. The van der Waals surface area contributed by atoms with Crippen molar-refractivity contribution < 1.29 is 23.4 Å². The van der Waals surface area contributed by atoms with Crippen molar-refractivity contribution in [2.24, 2.45) is 0 Å². The lowest BCUT2D eigenvalue weighted by Crippen LogP contribution is -2.10. The molecule has 0 saturated carbocycles. The van der Waals surface area contributed by atoms with Crippen LogP contribution in [0.1, 0.15) is 59.3 Å². The summed E-state index contributed by atoms with van der Waals surface area (Å²) >= 11 is 0. The Kier molecular flexibility index (Phi) is 9.85. The number of benzene rings is 3. The van der Waals surface area contributed by atoms with E-state index in [1.165, 1.54) is 18.2 Å². The predicted octanol–water partition coefficient (Wildman–Crippen LogP) is 7.84. The zero-order chi connectivity index (χ0) is 32.8. The van der Waals surface area contributed by atoms with Gasteiger partial charge in [0.2, 0.25) is 5.88 Å². The van der Waals surface area contributed by atoms with Crippen molar-refractivity contribution in [3.8, 4) is 17.1 Å². The average molecular weight is 624 g/mol. The number of imidazole rings is 2. The van der Waals surface area contributed by atoms with E-state index in [2.05, 4.69) is 9.97 Å².